The van der Waals surface area contributed by atoms with Crippen LogP contribution in [-0.4, -0.2) is 32.3 Å². The van der Waals surface area contributed by atoms with Gasteiger partial charge in [-0.25, -0.2) is 0 Å². The summed E-state index contributed by atoms with van der Waals surface area (Å²) in [7, 11) is 1.77. The maximum atomic E-state index is 5.29. The first-order valence-electron chi connectivity index (χ1n) is 7.93. The van der Waals surface area contributed by atoms with Crippen LogP contribution in [0.5, 0.6) is 0 Å². The summed E-state index contributed by atoms with van der Waals surface area (Å²) in [6.07, 6.45) is 3.78. The van der Waals surface area contributed by atoms with E-state index in [4.69, 9.17) is 4.74 Å². The predicted molar refractivity (Wildman–Crippen MR) is 93.0 cm³/mol. The van der Waals surface area contributed by atoms with Gasteiger partial charge in [-0.05, 0) is 49.9 Å². The fraction of sp³-hybridized carbons (Fsp3) is 0.647. The molecule has 1 N–H and O–H groups in total. The van der Waals surface area contributed by atoms with E-state index in [1.165, 1.54) is 24.1 Å². The number of methoxy groups -OCH3 is 1. The van der Waals surface area contributed by atoms with Crippen LogP contribution in [0.2, 0.25) is 0 Å². The Bertz CT molecular complexity index is 448. The highest BCUT2D eigenvalue weighted by Gasteiger charge is 2.22. The van der Waals surface area contributed by atoms with Crippen LogP contribution in [-0.2, 0) is 11.3 Å². The lowest BCUT2D eigenvalue weighted by molar-refractivity contribution is 0.203. The Labute approximate surface area is 137 Å². The second kappa shape index (κ2) is 8.16. The first kappa shape index (κ1) is 16.8. The molecule has 118 valence electrons. The lowest BCUT2D eigenvalue weighted by Gasteiger charge is -2.32. The molecule has 0 aromatic heterocycles. The molecule has 1 aliphatic rings. The van der Waals surface area contributed by atoms with Gasteiger partial charge in [0.25, 0.3) is 0 Å². The Morgan fingerprint density at radius 1 is 1.43 bits per heavy atom. The van der Waals surface area contributed by atoms with Crippen LogP contribution in [0.1, 0.15) is 38.7 Å². The van der Waals surface area contributed by atoms with Gasteiger partial charge in [-0.2, -0.15) is 0 Å². The number of halogens is 1. The maximum Gasteiger partial charge on any atom is 0.0637 e. The van der Waals surface area contributed by atoms with Crippen LogP contribution < -0.4 is 10.2 Å². The largest absolute Gasteiger partial charge is 0.383 e. The van der Waals surface area contributed by atoms with Gasteiger partial charge in [-0.1, -0.05) is 22.9 Å². The zero-order valence-corrected chi connectivity index (χ0v) is 14.9. The number of nitrogens with zero attached hydrogens (tertiary/aromatic N) is 1. The van der Waals surface area contributed by atoms with Crippen LogP contribution in [0.15, 0.2) is 22.7 Å². The zero-order valence-electron chi connectivity index (χ0n) is 13.4. The summed E-state index contributed by atoms with van der Waals surface area (Å²) >= 11 is 3.60. The maximum absolute atomic E-state index is 5.29. The van der Waals surface area contributed by atoms with Crippen molar-refractivity contribution < 1.29 is 4.74 Å². The lowest BCUT2D eigenvalue weighted by Crippen LogP contribution is -2.36. The second-order valence-corrected chi connectivity index (χ2v) is 6.79. The van der Waals surface area contributed by atoms with Gasteiger partial charge in [0.1, 0.15) is 0 Å². The molecule has 0 aliphatic heterocycles. The average molecular weight is 355 g/mol. The molecule has 0 bridgehead atoms. The molecule has 1 aromatic rings. The number of hydrogen-bond donors (Lipinski definition) is 1. The van der Waals surface area contributed by atoms with Crippen molar-refractivity contribution in [2.45, 2.75) is 51.7 Å². The topological polar surface area (TPSA) is 24.5 Å². The molecule has 1 saturated carbocycles. The third-order valence-corrected chi connectivity index (χ3v) is 4.66. The Morgan fingerprint density at radius 3 is 2.81 bits per heavy atom. The zero-order chi connectivity index (χ0) is 15.2. The van der Waals surface area contributed by atoms with Gasteiger partial charge in [0.05, 0.1) is 6.61 Å². The molecule has 1 aromatic carbocycles. The molecule has 1 fully saturated rings. The Balaban J connectivity index is 2.19. The molecule has 0 amide bonds. The van der Waals surface area contributed by atoms with Crippen LogP contribution in [0, 0.1) is 0 Å². The smallest absolute Gasteiger partial charge is 0.0637 e. The molecule has 0 heterocycles. The summed E-state index contributed by atoms with van der Waals surface area (Å²) in [6.45, 7) is 7.17. The van der Waals surface area contributed by atoms with E-state index in [1.807, 2.05) is 0 Å². The lowest BCUT2D eigenvalue weighted by atomic mass is 10.1. The Kier molecular flexibility index (Phi) is 6.52. The van der Waals surface area contributed by atoms with Crippen molar-refractivity contribution in [3.05, 3.63) is 28.2 Å². The number of ether oxygens (including phenoxy) is 1. The number of rotatable bonds is 9. The van der Waals surface area contributed by atoms with E-state index in [-0.39, 0.29) is 0 Å². The highest BCUT2D eigenvalue weighted by molar-refractivity contribution is 9.10. The highest BCUT2D eigenvalue weighted by atomic mass is 79.9. The number of benzene rings is 1. The molecular formula is C17H27BrN2O. The van der Waals surface area contributed by atoms with Gasteiger partial charge in [-0.3, -0.25) is 0 Å². The minimum Gasteiger partial charge on any atom is -0.383 e. The first-order valence-corrected chi connectivity index (χ1v) is 8.72. The highest BCUT2D eigenvalue weighted by Crippen LogP contribution is 2.28. The molecule has 3 nitrogen and oxygen atoms in total. The summed E-state index contributed by atoms with van der Waals surface area (Å²) in [5, 5.41) is 3.63. The Hall–Kier alpha value is -0.580. The summed E-state index contributed by atoms with van der Waals surface area (Å²) in [6, 6.07) is 7.86. The van der Waals surface area contributed by atoms with Crippen molar-refractivity contribution in [2.75, 3.05) is 25.2 Å². The minimum absolute atomic E-state index is 0.515. The molecule has 1 atom stereocenters. The van der Waals surface area contributed by atoms with Crippen LogP contribution in [0.4, 0.5) is 5.69 Å². The van der Waals surface area contributed by atoms with Gasteiger partial charge in [0, 0.05) is 42.4 Å². The second-order valence-electron chi connectivity index (χ2n) is 5.87. The van der Waals surface area contributed by atoms with E-state index >= 15 is 0 Å². The quantitative estimate of drug-likeness (QED) is 0.726. The molecule has 1 aliphatic carbocycles. The first-order chi connectivity index (χ1) is 10.2. The minimum atomic E-state index is 0.515. The monoisotopic (exact) mass is 354 g/mol. The molecule has 0 saturated heterocycles. The van der Waals surface area contributed by atoms with E-state index in [0.29, 0.717) is 6.04 Å². The Morgan fingerprint density at radius 2 is 2.19 bits per heavy atom. The van der Waals surface area contributed by atoms with Gasteiger partial charge in [0.2, 0.25) is 0 Å². The normalized spacial score (nSPS) is 16.0. The van der Waals surface area contributed by atoms with Gasteiger partial charge in [0.15, 0.2) is 0 Å². The van der Waals surface area contributed by atoms with E-state index in [0.717, 1.165) is 36.6 Å². The summed E-state index contributed by atoms with van der Waals surface area (Å²) in [5.41, 5.74) is 2.70. The third kappa shape index (κ3) is 4.97. The molecule has 4 heteroatoms. The molecular weight excluding hydrogens is 328 g/mol. The number of nitrogens with one attached hydrogen (secondary N) is 1. The van der Waals surface area contributed by atoms with Crippen molar-refractivity contribution in [3.8, 4) is 0 Å². The van der Waals surface area contributed by atoms with E-state index in [9.17, 15) is 0 Å². The van der Waals surface area contributed by atoms with Crippen LogP contribution in [0.3, 0.4) is 0 Å². The van der Waals surface area contributed by atoms with E-state index in [2.05, 4.69) is 58.2 Å². The molecule has 0 spiro atoms. The van der Waals surface area contributed by atoms with Crippen molar-refractivity contribution in [1.29, 1.82) is 0 Å². The third-order valence-electron chi connectivity index (χ3n) is 4.17. The standard InChI is InChI=1S/C17H27BrN2O/c1-4-13(2)20(9-10-21-3)17-8-5-15(18)11-14(17)12-19-16-6-7-16/h5,8,11,13,16,19H,4,6-7,9-10,12H2,1-3H3. The average Bonchev–Trinajstić information content (AvgIpc) is 3.30. The van der Waals surface area contributed by atoms with Gasteiger partial charge < -0.3 is 15.0 Å². The summed E-state index contributed by atoms with van der Waals surface area (Å²) in [5.74, 6) is 0. The van der Waals surface area contributed by atoms with Crippen LogP contribution in [0.25, 0.3) is 0 Å². The summed E-state index contributed by atoms with van der Waals surface area (Å²) in [4.78, 5) is 2.47. The van der Waals surface area contributed by atoms with Crippen molar-refractivity contribution in [1.82, 2.24) is 5.32 Å². The van der Waals surface area contributed by atoms with Gasteiger partial charge >= 0.3 is 0 Å². The molecule has 2 rings (SSSR count). The molecule has 1 unspecified atom stereocenters. The predicted octanol–water partition coefficient (Wildman–Crippen LogP) is 3.95. The fourth-order valence-corrected chi connectivity index (χ4v) is 2.91. The SMILES string of the molecule is CCC(C)N(CCOC)c1ccc(Br)cc1CNC1CC1. The molecule has 0 radical (unpaired) electrons. The molecule has 21 heavy (non-hydrogen) atoms. The fourth-order valence-electron chi connectivity index (χ4n) is 2.51. The van der Waals surface area contributed by atoms with E-state index < -0.39 is 0 Å². The summed E-state index contributed by atoms with van der Waals surface area (Å²) < 4.78 is 6.44. The van der Waals surface area contributed by atoms with Crippen molar-refractivity contribution in [2.24, 2.45) is 0 Å². The van der Waals surface area contributed by atoms with Gasteiger partial charge in [-0.15, -0.1) is 0 Å². The number of anilines is 1. The number of hydrogen-bond acceptors (Lipinski definition) is 3. The van der Waals surface area contributed by atoms with Crippen molar-refractivity contribution >= 4 is 21.6 Å². The van der Waals surface area contributed by atoms with Crippen molar-refractivity contribution in [3.63, 3.8) is 0 Å². The van der Waals surface area contributed by atoms with E-state index in [1.54, 1.807) is 7.11 Å². The van der Waals surface area contributed by atoms with Crippen LogP contribution >= 0.6 is 15.9 Å².